The Morgan fingerprint density at radius 2 is 1.62 bits per heavy atom. The number of aryl methyl sites for hydroxylation is 1. The minimum absolute atomic E-state index is 0.720. The van der Waals surface area contributed by atoms with Crippen molar-refractivity contribution in [3.05, 3.63) is 60.7 Å². The third-order valence-corrected chi connectivity index (χ3v) is 3.21. The van der Waals surface area contributed by atoms with Gasteiger partial charge in [-0.25, -0.2) is 4.57 Å². The zero-order chi connectivity index (χ0) is 16.9. The van der Waals surface area contributed by atoms with Gasteiger partial charge < -0.3 is 0 Å². The second-order valence-corrected chi connectivity index (χ2v) is 5.36. The van der Waals surface area contributed by atoms with E-state index in [4.69, 9.17) is 0 Å². The van der Waals surface area contributed by atoms with Gasteiger partial charge in [-0.1, -0.05) is 0 Å². The Balaban J connectivity index is 1.64. The SMILES string of the molecule is CC1=CN(C)[N]N1N=Nc1ccc(N=Nc2ccc[n+](C)c2)cc1. The molecular formula is C16H18N8+. The predicted octanol–water partition coefficient (Wildman–Crippen LogP) is 3.47. The van der Waals surface area contributed by atoms with Crippen molar-refractivity contribution < 1.29 is 4.57 Å². The molecule has 0 spiro atoms. The van der Waals surface area contributed by atoms with Crippen LogP contribution in [0.5, 0.6) is 0 Å². The fourth-order valence-electron chi connectivity index (χ4n) is 2.07. The number of benzene rings is 1. The molecule has 0 amide bonds. The van der Waals surface area contributed by atoms with Crippen LogP contribution >= 0.6 is 0 Å². The maximum atomic E-state index is 4.21. The lowest BCUT2D eigenvalue weighted by atomic mass is 10.3. The molecule has 1 aromatic heterocycles. The summed E-state index contributed by atoms with van der Waals surface area (Å²) in [6.07, 6.45) is 5.71. The Bertz CT molecular complexity index is 794. The Kier molecular flexibility index (Phi) is 4.57. The lowest BCUT2D eigenvalue weighted by molar-refractivity contribution is -0.670. The molecular weight excluding hydrogens is 304 g/mol. The third-order valence-electron chi connectivity index (χ3n) is 3.21. The van der Waals surface area contributed by atoms with Gasteiger partial charge in [0.2, 0.25) is 0 Å². The van der Waals surface area contributed by atoms with Crippen molar-refractivity contribution in [3.63, 3.8) is 0 Å². The van der Waals surface area contributed by atoms with E-state index in [1.165, 1.54) is 5.12 Å². The highest BCUT2D eigenvalue weighted by Crippen LogP contribution is 2.22. The first-order valence-electron chi connectivity index (χ1n) is 7.42. The highest BCUT2D eigenvalue weighted by molar-refractivity contribution is 5.47. The first-order valence-corrected chi connectivity index (χ1v) is 7.42. The molecule has 3 rings (SSSR count). The van der Waals surface area contributed by atoms with Gasteiger partial charge in [0.25, 0.3) is 0 Å². The second kappa shape index (κ2) is 6.97. The van der Waals surface area contributed by atoms with Crippen molar-refractivity contribution in [2.45, 2.75) is 6.92 Å². The highest BCUT2D eigenvalue weighted by atomic mass is 15.9. The zero-order valence-electron chi connectivity index (χ0n) is 13.8. The van der Waals surface area contributed by atoms with Gasteiger partial charge in [-0.2, -0.15) is 5.11 Å². The molecule has 2 aromatic rings. The van der Waals surface area contributed by atoms with Gasteiger partial charge in [0, 0.05) is 24.8 Å². The fourth-order valence-corrected chi connectivity index (χ4v) is 2.07. The predicted molar refractivity (Wildman–Crippen MR) is 88.2 cm³/mol. The number of aromatic nitrogens is 1. The molecule has 0 N–H and O–H groups in total. The standard InChI is InChI=1S/C16H18N8/c1-13-11-23(3)21-24(13)20-19-15-8-6-14(7-9-15)17-18-16-5-4-10-22(2)12-16/h4-12H,1-3H3/q+1. The summed E-state index contributed by atoms with van der Waals surface area (Å²) in [5.41, 5.74) is 7.32. The van der Waals surface area contributed by atoms with Crippen LogP contribution in [0.3, 0.4) is 0 Å². The summed E-state index contributed by atoms with van der Waals surface area (Å²) < 4.78 is 1.93. The molecule has 0 fully saturated rings. The number of rotatable bonds is 4. The molecule has 1 radical (unpaired) electrons. The van der Waals surface area contributed by atoms with Crippen LogP contribution in [0.25, 0.3) is 0 Å². The summed E-state index contributed by atoms with van der Waals surface area (Å²) in [6.45, 7) is 1.92. The highest BCUT2D eigenvalue weighted by Gasteiger charge is 2.15. The molecule has 0 aliphatic carbocycles. The van der Waals surface area contributed by atoms with E-state index in [0.29, 0.717) is 0 Å². The fraction of sp³-hybridized carbons (Fsp3) is 0.188. The first-order chi connectivity index (χ1) is 11.6. The van der Waals surface area contributed by atoms with Crippen LogP contribution in [0.4, 0.5) is 17.1 Å². The Morgan fingerprint density at radius 3 is 2.25 bits per heavy atom. The monoisotopic (exact) mass is 322 g/mol. The average Bonchev–Trinajstić information content (AvgIpc) is 2.90. The van der Waals surface area contributed by atoms with E-state index in [1.54, 1.807) is 5.01 Å². The van der Waals surface area contributed by atoms with Crippen molar-refractivity contribution in [2.24, 2.45) is 27.6 Å². The van der Waals surface area contributed by atoms with Gasteiger partial charge in [0.1, 0.15) is 12.7 Å². The second-order valence-electron chi connectivity index (χ2n) is 5.36. The molecule has 121 valence electrons. The van der Waals surface area contributed by atoms with Gasteiger partial charge in [0.15, 0.2) is 12.4 Å². The summed E-state index contributed by atoms with van der Waals surface area (Å²) in [6, 6.07) is 11.2. The molecule has 8 nitrogen and oxygen atoms in total. The molecule has 0 atom stereocenters. The van der Waals surface area contributed by atoms with Gasteiger partial charge >= 0.3 is 0 Å². The number of hydrogen-bond donors (Lipinski definition) is 0. The van der Waals surface area contributed by atoms with Crippen LogP contribution in [0.15, 0.2) is 81.3 Å². The molecule has 0 saturated carbocycles. The Morgan fingerprint density at radius 1 is 0.958 bits per heavy atom. The molecule has 2 heterocycles. The normalized spacial score (nSPS) is 14.9. The molecule has 0 saturated heterocycles. The summed E-state index contributed by atoms with van der Waals surface area (Å²) in [4.78, 5) is 0. The van der Waals surface area contributed by atoms with Gasteiger partial charge in [-0.15, -0.1) is 15.3 Å². The topological polar surface area (TPSA) is 73.9 Å². The quantitative estimate of drug-likeness (QED) is 0.638. The number of nitrogens with zero attached hydrogens (tertiary/aromatic N) is 8. The lowest BCUT2D eigenvalue weighted by Gasteiger charge is -2.10. The summed E-state index contributed by atoms with van der Waals surface area (Å²) >= 11 is 0. The van der Waals surface area contributed by atoms with Crippen LogP contribution < -0.4 is 10.1 Å². The van der Waals surface area contributed by atoms with E-state index in [2.05, 4.69) is 26.1 Å². The number of allylic oxidation sites excluding steroid dienone is 1. The van der Waals surface area contributed by atoms with Crippen LogP contribution in [0.2, 0.25) is 0 Å². The minimum atomic E-state index is 0.720. The number of azo groups is 1. The van der Waals surface area contributed by atoms with E-state index in [0.717, 1.165) is 22.8 Å². The molecule has 1 aliphatic rings. The van der Waals surface area contributed by atoms with Crippen LogP contribution in [0, 0.1) is 0 Å². The van der Waals surface area contributed by atoms with E-state index in [-0.39, 0.29) is 0 Å². The van der Waals surface area contributed by atoms with E-state index < -0.39 is 0 Å². The molecule has 1 aliphatic heterocycles. The van der Waals surface area contributed by atoms with Crippen molar-refractivity contribution in [3.8, 4) is 0 Å². The molecule has 24 heavy (non-hydrogen) atoms. The first kappa shape index (κ1) is 15.8. The Labute approximate surface area is 140 Å². The van der Waals surface area contributed by atoms with Crippen molar-refractivity contribution in [2.75, 3.05) is 7.05 Å². The molecule has 8 heteroatoms. The number of hydrogen-bond acceptors (Lipinski definition) is 5. The van der Waals surface area contributed by atoms with E-state index >= 15 is 0 Å². The van der Waals surface area contributed by atoms with Crippen molar-refractivity contribution in [1.29, 1.82) is 0 Å². The lowest BCUT2D eigenvalue weighted by Crippen LogP contribution is -2.26. The summed E-state index contributed by atoms with van der Waals surface area (Å²) in [7, 11) is 3.78. The van der Waals surface area contributed by atoms with Gasteiger partial charge in [-0.05, 0) is 42.5 Å². The molecule has 1 aromatic carbocycles. The van der Waals surface area contributed by atoms with Gasteiger partial charge in [-0.3, -0.25) is 5.01 Å². The molecule has 0 bridgehead atoms. The minimum Gasteiger partial charge on any atom is -0.278 e. The largest absolute Gasteiger partial charge is 0.278 e. The van der Waals surface area contributed by atoms with Crippen molar-refractivity contribution in [1.82, 2.24) is 15.7 Å². The average molecular weight is 322 g/mol. The summed E-state index contributed by atoms with van der Waals surface area (Å²) in [5.74, 6) is 0. The van der Waals surface area contributed by atoms with E-state index in [1.807, 2.05) is 80.6 Å². The number of pyridine rings is 1. The van der Waals surface area contributed by atoms with Crippen LogP contribution in [0.1, 0.15) is 6.92 Å². The van der Waals surface area contributed by atoms with Crippen molar-refractivity contribution >= 4 is 17.1 Å². The van der Waals surface area contributed by atoms with Crippen LogP contribution in [-0.4, -0.2) is 17.2 Å². The maximum absolute atomic E-state index is 4.21. The zero-order valence-corrected chi connectivity index (χ0v) is 13.8. The Hall–Kier alpha value is -3.13. The molecule has 0 unspecified atom stereocenters. The third kappa shape index (κ3) is 3.99. The van der Waals surface area contributed by atoms with Crippen LogP contribution in [-0.2, 0) is 7.05 Å². The summed E-state index contributed by atoms with van der Waals surface area (Å²) in [5, 5.41) is 19.8. The smallest absolute Gasteiger partial charge is 0.196 e. The maximum Gasteiger partial charge on any atom is 0.196 e. The van der Waals surface area contributed by atoms with E-state index in [9.17, 15) is 0 Å². The van der Waals surface area contributed by atoms with Gasteiger partial charge in [0.05, 0.1) is 17.1 Å².